The monoisotopic (exact) mass is 280 g/mol. The number of aromatic amines is 1. The summed E-state index contributed by atoms with van der Waals surface area (Å²) in [4.78, 5) is 12.1. The number of methoxy groups -OCH3 is 1. The predicted octanol–water partition coefficient (Wildman–Crippen LogP) is 3.04. The maximum Gasteiger partial charge on any atom is 0.142 e. The lowest BCUT2D eigenvalue weighted by atomic mass is 10.1. The van der Waals surface area contributed by atoms with Crippen molar-refractivity contribution in [2.75, 3.05) is 12.8 Å². The standard InChI is InChI=1S/C16H16N4O/c1-10-15(11-4-3-7-18-9-11)20-16(19-10)13-6-5-12(17)8-14(13)21-2/h3-9H,17H2,1-2H3,(H,19,20). The van der Waals surface area contributed by atoms with Crippen molar-refractivity contribution in [1.82, 2.24) is 15.0 Å². The smallest absolute Gasteiger partial charge is 0.142 e. The quantitative estimate of drug-likeness (QED) is 0.723. The summed E-state index contributed by atoms with van der Waals surface area (Å²) in [5.41, 5.74) is 10.2. The molecule has 0 radical (unpaired) electrons. The molecule has 0 fully saturated rings. The number of benzene rings is 1. The maximum atomic E-state index is 5.79. The summed E-state index contributed by atoms with van der Waals surface area (Å²) in [6.45, 7) is 1.99. The second-order valence-electron chi connectivity index (χ2n) is 4.76. The first-order valence-electron chi connectivity index (χ1n) is 6.60. The van der Waals surface area contributed by atoms with Crippen LogP contribution in [0.15, 0.2) is 42.7 Å². The van der Waals surface area contributed by atoms with Gasteiger partial charge in [-0.2, -0.15) is 0 Å². The molecule has 0 aliphatic rings. The van der Waals surface area contributed by atoms with Gasteiger partial charge in [-0.3, -0.25) is 4.98 Å². The van der Waals surface area contributed by atoms with Crippen molar-refractivity contribution in [3.63, 3.8) is 0 Å². The summed E-state index contributed by atoms with van der Waals surface area (Å²) < 4.78 is 5.38. The molecule has 0 saturated heterocycles. The first kappa shape index (κ1) is 13.2. The van der Waals surface area contributed by atoms with E-state index in [4.69, 9.17) is 10.5 Å². The molecule has 0 unspecified atom stereocenters. The van der Waals surface area contributed by atoms with Gasteiger partial charge in [0.2, 0.25) is 0 Å². The number of hydrogen-bond donors (Lipinski definition) is 2. The van der Waals surface area contributed by atoms with E-state index in [0.717, 1.165) is 28.3 Å². The Morgan fingerprint density at radius 3 is 2.81 bits per heavy atom. The molecule has 5 nitrogen and oxygen atoms in total. The number of nitrogens with zero attached hydrogens (tertiary/aromatic N) is 2. The van der Waals surface area contributed by atoms with Crippen LogP contribution in [-0.4, -0.2) is 22.1 Å². The van der Waals surface area contributed by atoms with Crippen LogP contribution in [0.3, 0.4) is 0 Å². The normalized spacial score (nSPS) is 10.6. The van der Waals surface area contributed by atoms with Gasteiger partial charge in [0.05, 0.1) is 18.4 Å². The van der Waals surface area contributed by atoms with E-state index < -0.39 is 0 Å². The van der Waals surface area contributed by atoms with E-state index >= 15 is 0 Å². The van der Waals surface area contributed by atoms with Crippen molar-refractivity contribution in [1.29, 1.82) is 0 Å². The zero-order chi connectivity index (χ0) is 14.8. The number of nitrogens with two attached hydrogens (primary N) is 1. The van der Waals surface area contributed by atoms with Crippen molar-refractivity contribution in [2.24, 2.45) is 0 Å². The molecule has 0 saturated carbocycles. The molecule has 106 valence electrons. The van der Waals surface area contributed by atoms with Crippen LogP contribution in [0.2, 0.25) is 0 Å². The van der Waals surface area contributed by atoms with Crippen LogP contribution < -0.4 is 10.5 Å². The first-order chi connectivity index (χ1) is 10.2. The summed E-state index contributed by atoms with van der Waals surface area (Å²) in [5.74, 6) is 1.45. The van der Waals surface area contributed by atoms with Gasteiger partial charge in [-0.1, -0.05) is 0 Å². The first-order valence-corrected chi connectivity index (χ1v) is 6.60. The zero-order valence-corrected chi connectivity index (χ0v) is 11.9. The summed E-state index contributed by atoms with van der Waals surface area (Å²) >= 11 is 0. The number of pyridine rings is 1. The number of nitrogen functional groups attached to an aromatic ring is 1. The number of ether oxygens (including phenoxy) is 1. The fraction of sp³-hybridized carbons (Fsp3) is 0.125. The molecule has 0 amide bonds. The van der Waals surface area contributed by atoms with Crippen LogP contribution in [0.5, 0.6) is 5.75 Å². The molecular formula is C16H16N4O. The third kappa shape index (κ3) is 2.45. The van der Waals surface area contributed by atoms with Crippen LogP contribution in [0.4, 0.5) is 5.69 Å². The maximum absolute atomic E-state index is 5.79. The Morgan fingerprint density at radius 1 is 1.24 bits per heavy atom. The number of hydrogen-bond acceptors (Lipinski definition) is 4. The Kier molecular flexibility index (Phi) is 3.31. The van der Waals surface area contributed by atoms with Gasteiger partial charge in [-0.15, -0.1) is 0 Å². The van der Waals surface area contributed by atoms with E-state index in [9.17, 15) is 0 Å². The van der Waals surface area contributed by atoms with Gasteiger partial charge in [-0.25, -0.2) is 4.98 Å². The van der Waals surface area contributed by atoms with E-state index in [-0.39, 0.29) is 0 Å². The second kappa shape index (κ2) is 5.28. The number of H-pyrrole nitrogens is 1. The predicted molar refractivity (Wildman–Crippen MR) is 83.0 cm³/mol. The zero-order valence-electron chi connectivity index (χ0n) is 11.9. The van der Waals surface area contributed by atoms with Gasteiger partial charge in [0.25, 0.3) is 0 Å². The van der Waals surface area contributed by atoms with Crippen molar-refractivity contribution in [3.8, 4) is 28.4 Å². The minimum atomic E-state index is 0.659. The highest BCUT2D eigenvalue weighted by Crippen LogP contribution is 2.32. The van der Waals surface area contributed by atoms with Gasteiger partial charge in [0.15, 0.2) is 0 Å². The summed E-state index contributed by atoms with van der Waals surface area (Å²) in [5, 5.41) is 0. The van der Waals surface area contributed by atoms with E-state index in [2.05, 4.69) is 15.0 Å². The molecule has 0 spiro atoms. The molecule has 21 heavy (non-hydrogen) atoms. The van der Waals surface area contributed by atoms with Gasteiger partial charge in [0.1, 0.15) is 11.6 Å². The third-order valence-electron chi connectivity index (χ3n) is 3.30. The average Bonchev–Trinajstić information content (AvgIpc) is 2.89. The highest BCUT2D eigenvalue weighted by atomic mass is 16.5. The lowest BCUT2D eigenvalue weighted by molar-refractivity contribution is 0.416. The molecular weight excluding hydrogens is 264 g/mol. The number of anilines is 1. The minimum absolute atomic E-state index is 0.659. The average molecular weight is 280 g/mol. The van der Waals surface area contributed by atoms with Gasteiger partial charge in [-0.05, 0) is 31.2 Å². The molecule has 1 aromatic carbocycles. The number of imidazole rings is 1. The van der Waals surface area contributed by atoms with Crippen molar-refractivity contribution >= 4 is 5.69 Å². The number of aromatic nitrogens is 3. The number of aryl methyl sites for hydroxylation is 1. The lowest BCUT2D eigenvalue weighted by Crippen LogP contribution is -1.92. The number of nitrogens with one attached hydrogen (secondary N) is 1. The Labute approximate surface area is 122 Å². The third-order valence-corrected chi connectivity index (χ3v) is 3.30. The minimum Gasteiger partial charge on any atom is -0.496 e. The summed E-state index contributed by atoms with van der Waals surface area (Å²) in [6, 6.07) is 9.41. The molecule has 0 aliphatic heterocycles. The fourth-order valence-corrected chi connectivity index (χ4v) is 2.28. The van der Waals surface area contributed by atoms with E-state index in [1.807, 2.05) is 31.2 Å². The van der Waals surface area contributed by atoms with Crippen LogP contribution in [0.1, 0.15) is 5.69 Å². The highest BCUT2D eigenvalue weighted by Gasteiger charge is 2.14. The van der Waals surface area contributed by atoms with Crippen molar-refractivity contribution in [2.45, 2.75) is 6.92 Å². The molecule has 2 aromatic heterocycles. The van der Waals surface area contributed by atoms with Crippen molar-refractivity contribution < 1.29 is 4.74 Å². The van der Waals surface area contributed by atoms with Crippen molar-refractivity contribution in [3.05, 3.63) is 48.4 Å². The Bertz CT molecular complexity index is 765. The number of rotatable bonds is 3. The van der Waals surface area contributed by atoms with Gasteiger partial charge in [0, 0.05) is 35.4 Å². The Balaban J connectivity index is 2.10. The molecule has 3 rings (SSSR count). The molecule has 0 aliphatic carbocycles. The largest absolute Gasteiger partial charge is 0.496 e. The summed E-state index contributed by atoms with van der Waals surface area (Å²) in [7, 11) is 1.62. The van der Waals surface area contributed by atoms with Gasteiger partial charge >= 0.3 is 0 Å². The van der Waals surface area contributed by atoms with E-state index in [0.29, 0.717) is 11.4 Å². The second-order valence-corrected chi connectivity index (χ2v) is 4.76. The molecule has 2 heterocycles. The Morgan fingerprint density at radius 2 is 2.10 bits per heavy atom. The van der Waals surface area contributed by atoms with Crippen LogP contribution in [0.25, 0.3) is 22.6 Å². The molecule has 5 heteroatoms. The van der Waals surface area contributed by atoms with Crippen LogP contribution in [0, 0.1) is 6.92 Å². The van der Waals surface area contributed by atoms with E-state index in [1.54, 1.807) is 25.6 Å². The van der Waals surface area contributed by atoms with E-state index in [1.165, 1.54) is 0 Å². The molecule has 0 bridgehead atoms. The topological polar surface area (TPSA) is 76.8 Å². The summed E-state index contributed by atoms with van der Waals surface area (Å²) in [6.07, 6.45) is 3.54. The highest BCUT2D eigenvalue weighted by molar-refractivity contribution is 5.72. The molecule has 0 atom stereocenters. The van der Waals surface area contributed by atoms with Gasteiger partial charge < -0.3 is 15.5 Å². The molecule has 3 aromatic rings. The lowest BCUT2D eigenvalue weighted by Gasteiger charge is -2.06. The Hall–Kier alpha value is -2.82. The fourth-order valence-electron chi connectivity index (χ4n) is 2.28. The molecule has 3 N–H and O–H groups in total. The van der Waals surface area contributed by atoms with Crippen LogP contribution in [-0.2, 0) is 0 Å². The SMILES string of the molecule is COc1cc(N)ccc1-c1nc(-c2cccnc2)c(C)[nH]1. The van der Waals surface area contributed by atoms with Crippen LogP contribution >= 0.6 is 0 Å².